The lowest BCUT2D eigenvalue weighted by Crippen LogP contribution is -2.32. The molecule has 0 spiro atoms. The number of nitrogens with one attached hydrogen (secondary N) is 2. The summed E-state index contributed by atoms with van der Waals surface area (Å²) in [7, 11) is 1.29. The number of hydrogen-bond donors (Lipinski definition) is 2. The van der Waals surface area contributed by atoms with Gasteiger partial charge in [0.25, 0.3) is 0 Å². The van der Waals surface area contributed by atoms with Crippen molar-refractivity contribution in [3.05, 3.63) is 40.8 Å². The molecular weight excluding hydrogens is 360 g/mol. The molecule has 1 aliphatic rings. The SMILES string of the molecule is COC(=O)c1cc(C)sc1NC(=O)C[C@H]1Sc2ccccc2NC1=O. The first kappa shape index (κ1) is 17.5. The van der Waals surface area contributed by atoms with Crippen molar-refractivity contribution in [2.45, 2.75) is 23.5 Å². The first-order valence-electron chi connectivity index (χ1n) is 7.53. The summed E-state index contributed by atoms with van der Waals surface area (Å²) in [6, 6.07) is 9.14. The molecule has 1 aromatic carbocycles. The second-order valence-corrected chi connectivity index (χ2v) is 7.94. The van der Waals surface area contributed by atoms with Crippen LogP contribution in [-0.2, 0) is 14.3 Å². The Morgan fingerprint density at radius 2 is 2.08 bits per heavy atom. The van der Waals surface area contributed by atoms with E-state index in [1.54, 1.807) is 6.07 Å². The Labute approximate surface area is 152 Å². The van der Waals surface area contributed by atoms with Crippen molar-refractivity contribution in [2.75, 3.05) is 17.7 Å². The van der Waals surface area contributed by atoms with E-state index in [4.69, 9.17) is 4.74 Å². The molecule has 3 rings (SSSR count). The normalized spacial score (nSPS) is 15.9. The number of thiophene rings is 1. The van der Waals surface area contributed by atoms with Crippen molar-refractivity contribution in [2.24, 2.45) is 0 Å². The molecular formula is C17H16N2O4S2. The summed E-state index contributed by atoms with van der Waals surface area (Å²) in [5.41, 5.74) is 1.08. The zero-order valence-electron chi connectivity index (χ0n) is 13.6. The number of carbonyl (C=O) groups is 3. The van der Waals surface area contributed by atoms with Crippen LogP contribution in [0.3, 0.4) is 0 Å². The lowest BCUT2D eigenvalue weighted by Gasteiger charge is -2.23. The highest BCUT2D eigenvalue weighted by molar-refractivity contribution is 8.01. The fourth-order valence-electron chi connectivity index (χ4n) is 2.44. The number of esters is 1. The number of benzene rings is 1. The summed E-state index contributed by atoms with van der Waals surface area (Å²) in [6.07, 6.45) is 0.0163. The number of amides is 2. The Bertz CT molecular complexity index is 847. The molecule has 1 aromatic heterocycles. The van der Waals surface area contributed by atoms with Gasteiger partial charge >= 0.3 is 5.97 Å². The van der Waals surface area contributed by atoms with Gasteiger partial charge in [0.15, 0.2) is 0 Å². The molecule has 8 heteroatoms. The van der Waals surface area contributed by atoms with Gasteiger partial charge in [0.1, 0.15) is 5.00 Å². The Morgan fingerprint density at radius 1 is 1.32 bits per heavy atom. The molecule has 1 aliphatic heterocycles. The fraction of sp³-hybridized carbons (Fsp3) is 0.235. The molecule has 1 atom stereocenters. The van der Waals surface area contributed by atoms with Gasteiger partial charge in [0.05, 0.1) is 23.6 Å². The number of anilines is 2. The van der Waals surface area contributed by atoms with E-state index in [1.165, 1.54) is 30.2 Å². The number of methoxy groups -OCH3 is 1. The minimum absolute atomic E-state index is 0.0163. The van der Waals surface area contributed by atoms with Gasteiger partial charge in [-0.2, -0.15) is 0 Å². The second-order valence-electron chi connectivity index (χ2n) is 5.44. The number of thioether (sulfide) groups is 1. The van der Waals surface area contributed by atoms with Gasteiger partial charge in [-0.3, -0.25) is 9.59 Å². The number of ether oxygens (including phenoxy) is 1. The molecule has 130 valence electrons. The molecule has 0 radical (unpaired) electrons. The molecule has 2 aromatic rings. The Balaban J connectivity index is 1.70. The van der Waals surface area contributed by atoms with E-state index in [2.05, 4.69) is 10.6 Å². The van der Waals surface area contributed by atoms with Crippen molar-refractivity contribution in [1.29, 1.82) is 0 Å². The van der Waals surface area contributed by atoms with Crippen LogP contribution in [0.2, 0.25) is 0 Å². The lowest BCUT2D eigenvalue weighted by atomic mass is 10.2. The van der Waals surface area contributed by atoms with Crippen molar-refractivity contribution in [1.82, 2.24) is 0 Å². The first-order chi connectivity index (χ1) is 12.0. The standard InChI is InChI=1S/C17H16N2O4S2/c1-9-7-10(17(22)23-2)16(24-9)19-14(20)8-13-15(21)18-11-5-3-4-6-12(11)25-13/h3-7,13H,8H2,1-2H3,(H,18,21)(H,19,20)/t13-/m1/s1. The van der Waals surface area contributed by atoms with Crippen LogP contribution in [0.15, 0.2) is 35.2 Å². The predicted molar refractivity (Wildman–Crippen MR) is 98.4 cm³/mol. The van der Waals surface area contributed by atoms with E-state index in [-0.39, 0.29) is 18.2 Å². The molecule has 0 fully saturated rings. The summed E-state index contributed by atoms with van der Waals surface area (Å²) in [6.45, 7) is 1.84. The van der Waals surface area contributed by atoms with Gasteiger partial charge in [-0.05, 0) is 25.1 Å². The number of aryl methyl sites for hydroxylation is 1. The van der Waals surface area contributed by atoms with Gasteiger partial charge in [0.2, 0.25) is 11.8 Å². The third-order valence-corrected chi connectivity index (χ3v) is 5.83. The first-order valence-corrected chi connectivity index (χ1v) is 9.22. The highest BCUT2D eigenvalue weighted by Gasteiger charge is 2.29. The molecule has 0 bridgehead atoms. The highest BCUT2D eigenvalue weighted by atomic mass is 32.2. The lowest BCUT2D eigenvalue weighted by molar-refractivity contribution is -0.120. The van der Waals surface area contributed by atoms with Crippen LogP contribution >= 0.6 is 23.1 Å². The zero-order chi connectivity index (χ0) is 18.0. The van der Waals surface area contributed by atoms with Crippen molar-refractivity contribution >= 4 is 51.6 Å². The van der Waals surface area contributed by atoms with Gasteiger partial charge in [-0.15, -0.1) is 23.1 Å². The maximum atomic E-state index is 12.4. The molecule has 0 saturated heterocycles. The van der Waals surface area contributed by atoms with Gasteiger partial charge in [0, 0.05) is 16.2 Å². The topological polar surface area (TPSA) is 84.5 Å². The molecule has 0 saturated carbocycles. The van der Waals surface area contributed by atoms with Gasteiger partial charge in [-0.1, -0.05) is 12.1 Å². The van der Waals surface area contributed by atoms with Crippen LogP contribution in [0.4, 0.5) is 10.7 Å². The summed E-state index contributed by atoms with van der Waals surface area (Å²) < 4.78 is 4.73. The molecule has 0 aliphatic carbocycles. The van der Waals surface area contributed by atoms with Crippen LogP contribution in [0.25, 0.3) is 0 Å². The largest absolute Gasteiger partial charge is 0.465 e. The minimum atomic E-state index is -0.516. The fourth-order valence-corrected chi connectivity index (χ4v) is 4.47. The number of hydrogen-bond acceptors (Lipinski definition) is 6. The number of carbonyl (C=O) groups excluding carboxylic acids is 3. The number of fused-ring (bicyclic) bond motifs is 1. The molecule has 2 heterocycles. The van der Waals surface area contributed by atoms with E-state index >= 15 is 0 Å². The molecule has 2 N–H and O–H groups in total. The second kappa shape index (κ2) is 7.28. The average Bonchev–Trinajstić information content (AvgIpc) is 2.95. The average molecular weight is 376 g/mol. The summed E-state index contributed by atoms with van der Waals surface area (Å²) in [5.74, 6) is -1.02. The monoisotopic (exact) mass is 376 g/mol. The molecule has 0 unspecified atom stereocenters. The molecule has 25 heavy (non-hydrogen) atoms. The van der Waals surface area contributed by atoms with E-state index < -0.39 is 11.2 Å². The summed E-state index contributed by atoms with van der Waals surface area (Å²) in [4.78, 5) is 38.1. The Hall–Kier alpha value is -2.32. The molecule has 6 nitrogen and oxygen atoms in total. The minimum Gasteiger partial charge on any atom is -0.465 e. The highest BCUT2D eigenvalue weighted by Crippen LogP contribution is 2.37. The van der Waals surface area contributed by atoms with Crippen molar-refractivity contribution in [3.8, 4) is 0 Å². The van der Waals surface area contributed by atoms with Crippen LogP contribution in [0, 0.1) is 6.92 Å². The van der Waals surface area contributed by atoms with E-state index in [0.717, 1.165) is 15.5 Å². The van der Waals surface area contributed by atoms with Crippen LogP contribution in [0.5, 0.6) is 0 Å². The van der Waals surface area contributed by atoms with Crippen LogP contribution in [0.1, 0.15) is 21.7 Å². The summed E-state index contributed by atoms with van der Waals surface area (Å²) in [5, 5.41) is 5.46. The molecule has 2 amide bonds. The van der Waals surface area contributed by atoms with E-state index in [1.807, 2.05) is 31.2 Å². The number of rotatable bonds is 4. The van der Waals surface area contributed by atoms with Crippen LogP contribution < -0.4 is 10.6 Å². The maximum Gasteiger partial charge on any atom is 0.340 e. The Kier molecular flexibility index (Phi) is 5.10. The van der Waals surface area contributed by atoms with E-state index in [0.29, 0.717) is 10.6 Å². The summed E-state index contributed by atoms with van der Waals surface area (Å²) >= 11 is 2.66. The quantitative estimate of drug-likeness (QED) is 0.800. The Morgan fingerprint density at radius 3 is 2.84 bits per heavy atom. The van der Waals surface area contributed by atoms with E-state index in [9.17, 15) is 14.4 Å². The number of para-hydroxylation sites is 1. The smallest absolute Gasteiger partial charge is 0.340 e. The zero-order valence-corrected chi connectivity index (χ0v) is 15.3. The van der Waals surface area contributed by atoms with Crippen molar-refractivity contribution in [3.63, 3.8) is 0 Å². The predicted octanol–water partition coefficient (Wildman–Crippen LogP) is 3.28. The third kappa shape index (κ3) is 3.85. The van der Waals surface area contributed by atoms with Crippen molar-refractivity contribution < 1.29 is 19.1 Å². The third-order valence-electron chi connectivity index (χ3n) is 3.59. The van der Waals surface area contributed by atoms with Gasteiger partial charge < -0.3 is 15.4 Å². The van der Waals surface area contributed by atoms with Crippen LogP contribution in [-0.4, -0.2) is 30.1 Å². The van der Waals surface area contributed by atoms with Gasteiger partial charge in [-0.25, -0.2) is 4.79 Å². The maximum absolute atomic E-state index is 12.4.